The van der Waals surface area contributed by atoms with E-state index < -0.39 is 0 Å². The van der Waals surface area contributed by atoms with Crippen molar-refractivity contribution in [3.05, 3.63) is 66.1 Å². The Balaban J connectivity index is 1.41. The van der Waals surface area contributed by atoms with Gasteiger partial charge < -0.3 is 14.2 Å². The molecule has 4 rings (SSSR count). The van der Waals surface area contributed by atoms with Crippen molar-refractivity contribution in [2.75, 3.05) is 19.7 Å². The van der Waals surface area contributed by atoms with Crippen molar-refractivity contribution in [2.45, 2.75) is 32.1 Å². The van der Waals surface area contributed by atoms with E-state index in [1.54, 1.807) is 0 Å². The molecule has 1 aliphatic heterocycles. The van der Waals surface area contributed by atoms with Crippen LogP contribution in [0.25, 0.3) is 11.4 Å². The van der Waals surface area contributed by atoms with Crippen LogP contribution in [0.4, 0.5) is 0 Å². The molecular weight excluding hydrogens is 366 g/mol. The van der Waals surface area contributed by atoms with Gasteiger partial charge in [-0.3, -0.25) is 4.79 Å². The van der Waals surface area contributed by atoms with Crippen LogP contribution in [0.1, 0.15) is 43.6 Å². The van der Waals surface area contributed by atoms with E-state index in [2.05, 4.69) is 29.2 Å². The Morgan fingerprint density at radius 2 is 1.93 bits per heavy atom. The SMILES string of the molecule is CCOc1ccc(-c2noc(C3CC(=O)N(CC(C)c4ccccc4)C3)n2)cc1. The molecule has 0 saturated carbocycles. The highest BCUT2D eigenvalue weighted by Crippen LogP contribution is 2.30. The quantitative estimate of drug-likeness (QED) is 0.602. The largest absolute Gasteiger partial charge is 0.494 e. The van der Waals surface area contributed by atoms with Gasteiger partial charge in [0.25, 0.3) is 0 Å². The summed E-state index contributed by atoms with van der Waals surface area (Å²) in [6.45, 7) is 6.03. The summed E-state index contributed by atoms with van der Waals surface area (Å²) < 4.78 is 11.0. The molecule has 1 fully saturated rings. The molecule has 3 aromatic rings. The van der Waals surface area contributed by atoms with Crippen LogP contribution in [0.5, 0.6) is 5.75 Å². The third-order valence-corrected chi connectivity index (χ3v) is 5.29. The van der Waals surface area contributed by atoms with Gasteiger partial charge in [-0.15, -0.1) is 0 Å². The summed E-state index contributed by atoms with van der Waals surface area (Å²) in [7, 11) is 0. The number of ether oxygens (including phenoxy) is 1. The molecule has 2 unspecified atom stereocenters. The second-order valence-corrected chi connectivity index (χ2v) is 7.43. The van der Waals surface area contributed by atoms with Gasteiger partial charge in [0.15, 0.2) is 0 Å². The van der Waals surface area contributed by atoms with Gasteiger partial charge in [-0.05, 0) is 42.7 Å². The van der Waals surface area contributed by atoms with Crippen molar-refractivity contribution in [2.24, 2.45) is 0 Å². The van der Waals surface area contributed by atoms with Gasteiger partial charge in [0.1, 0.15) is 5.75 Å². The van der Waals surface area contributed by atoms with Crippen LogP contribution in [0.2, 0.25) is 0 Å². The molecule has 2 heterocycles. The fourth-order valence-electron chi connectivity index (χ4n) is 3.72. The Morgan fingerprint density at radius 3 is 2.66 bits per heavy atom. The van der Waals surface area contributed by atoms with Gasteiger partial charge in [-0.2, -0.15) is 4.98 Å². The Kier molecular flexibility index (Phi) is 5.60. The van der Waals surface area contributed by atoms with E-state index in [9.17, 15) is 4.79 Å². The lowest BCUT2D eigenvalue weighted by Gasteiger charge is -2.21. The molecule has 150 valence electrons. The van der Waals surface area contributed by atoms with Crippen LogP contribution >= 0.6 is 0 Å². The number of rotatable bonds is 7. The molecule has 2 aromatic carbocycles. The van der Waals surface area contributed by atoms with E-state index >= 15 is 0 Å². The average Bonchev–Trinajstić information content (AvgIpc) is 3.37. The highest BCUT2D eigenvalue weighted by atomic mass is 16.5. The summed E-state index contributed by atoms with van der Waals surface area (Å²) >= 11 is 0. The van der Waals surface area contributed by atoms with Crippen LogP contribution in [0.15, 0.2) is 59.1 Å². The second kappa shape index (κ2) is 8.47. The Hall–Kier alpha value is -3.15. The minimum atomic E-state index is -0.0607. The number of aromatic nitrogens is 2. The minimum Gasteiger partial charge on any atom is -0.494 e. The van der Waals surface area contributed by atoms with Crippen molar-refractivity contribution >= 4 is 5.91 Å². The summed E-state index contributed by atoms with van der Waals surface area (Å²) in [5.74, 6) is 2.22. The molecule has 0 aliphatic carbocycles. The molecule has 6 heteroatoms. The highest BCUT2D eigenvalue weighted by molar-refractivity contribution is 5.79. The molecule has 0 radical (unpaired) electrons. The van der Waals surface area contributed by atoms with E-state index in [1.807, 2.05) is 54.3 Å². The second-order valence-electron chi connectivity index (χ2n) is 7.43. The maximum Gasteiger partial charge on any atom is 0.232 e. The number of hydrogen-bond acceptors (Lipinski definition) is 5. The summed E-state index contributed by atoms with van der Waals surface area (Å²) in [4.78, 5) is 19.0. The molecule has 0 spiro atoms. The molecule has 1 aromatic heterocycles. The molecular formula is C23H25N3O3. The van der Waals surface area contributed by atoms with E-state index in [-0.39, 0.29) is 17.7 Å². The fraction of sp³-hybridized carbons (Fsp3) is 0.348. The Morgan fingerprint density at radius 1 is 1.17 bits per heavy atom. The first-order chi connectivity index (χ1) is 14.1. The third-order valence-electron chi connectivity index (χ3n) is 5.29. The van der Waals surface area contributed by atoms with Crippen LogP contribution < -0.4 is 4.74 Å². The van der Waals surface area contributed by atoms with E-state index in [1.165, 1.54) is 5.56 Å². The normalized spacial score (nSPS) is 17.5. The number of hydrogen-bond donors (Lipinski definition) is 0. The zero-order valence-corrected chi connectivity index (χ0v) is 16.7. The molecule has 1 amide bonds. The predicted octanol–water partition coefficient (Wildman–Crippen LogP) is 4.25. The summed E-state index contributed by atoms with van der Waals surface area (Å²) in [6.07, 6.45) is 0.409. The van der Waals surface area contributed by atoms with Crippen LogP contribution in [0, 0.1) is 0 Å². The lowest BCUT2D eigenvalue weighted by atomic mass is 10.0. The number of nitrogens with zero attached hydrogens (tertiary/aromatic N) is 3. The van der Waals surface area contributed by atoms with Gasteiger partial charge in [0.05, 0.1) is 12.5 Å². The Bertz CT molecular complexity index is 953. The number of carbonyl (C=O) groups is 1. The summed E-state index contributed by atoms with van der Waals surface area (Å²) in [5.41, 5.74) is 2.10. The lowest BCUT2D eigenvalue weighted by molar-refractivity contribution is -0.127. The van der Waals surface area contributed by atoms with Gasteiger partial charge in [-0.25, -0.2) is 0 Å². The van der Waals surface area contributed by atoms with Crippen molar-refractivity contribution in [1.82, 2.24) is 15.0 Å². The highest BCUT2D eigenvalue weighted by Gasteiger charge is 2.35. The molecule has 1 saturated heterocycles. The number of benzene rings is 2. The molecule has 1 aliphatic rings. The van der Waals surface area contributed by atoms with Crippen molar-refractivity contribution < 1.29 is 14.1 Å². The number of likely N-dealkylation sites (tertiary alicyclic amines) is 1. The number of carbonyl (C=O) groups excluding carboxylic acids is 1. The van der Waals surface area contributed by atoms with Crippen LogP contribution in [-0.2, 0) is 4.79 Å². The predicted molar refractivity (Wildman–Crippen MR) is 110 cm³/mol. The topological polar surface area (TPSA) is 68.5 Å². The monoisotopic (exact) mass is 391 g/mol. The first-order valence-corrected chi connectivity index (χ1v) is 10.0. The lowest BCUT2D eigenvalue weighted by Crippen LogP contribution is -2.29. The van der Waals surface area contributed by atoms with Crippen molar-refractivity contribution in [3.63, 3.8) is 0 Å². The van der Waals surface area contributed by atoms with E-state index in [4.69, 9.17) is 9.26 Å². The van der Waals surface area contributed by atoms with E-state index in [0.29, 0.717) is 37.8 Å². The minimum absolute atomic E-state index is 0.0607. The smallest absolute Gasteiger partial charge is 0.232 e. The molecule has 0 bridgehead atoms. The van der Waals surface area contributed by atoms with Gasteiger partial charge in [0, 0.05) is 25.1 Å². The fourth-order valence-corrected chi connectivity index (χ4v) is 3.72. The van der Waals surface area contributed by atoms with E-state index in [0.717, 1.165) is 11.3 Å². The number of amides is 1. The summed E-state index contributed by atoms with van der Waals surface area (Å²) in [5, 5.41) is 4.11. The van der Waals surface area contributed by atoms with Gasteiger partial charge in [-0.1, -0.05) is 42.4 Å². The Labute approximate surface area is 170 Å². The standard InChI is InChI=1S/C23H25N3O3/c1-3-28-20-11-9-18(10-12-20)22-24-23(29-25-22)19-13-21(27)26(15-19)14-16(2)17-7-5-4-6-8-17/h4-12,16,19H,3,13-15H2,1-2H3. The maximum absolute atomic E-state index is 12.5. The first-order valence-electron chi connectivity index (χ1n) is 10.0. The van der Waals surface area contributed by atoms with Crippen LogP contribution in [-0.4, -0.2) is 40.6 Å². The van der Waals surface area contributed by atoms with Crippen LogP contribution in [0.3, 0.4) is 0 Å². The summed E-state index contributed by atoms with van der Waals surface area (Å²) in [6, 6.07) is 17.9. The van der Waals surface area contributed by atoms with Crippen molar-refractivity contribution in [1.29, 1.82) is 0 Å². The van der Waals surface area contributed by atoms with Gasteiger partial charge in [0.2, 0.25) is 17.6 Å². The van der Waals surface area contributed by atoms with Gasteiger partial charge >= 0.3 is 0 Å². The van der Waals surface area contributed by atoms with Crippen molar-refractivity contribution in [3.8, 4) is 17.1 Å². The maximum atomic E-state index is 12.5. The first kappa shape index (κ1) is 19.2. The zero-order valence-electron chi connectivity index (χ0n) is 16.7. The molecule has 29 heavy (non-hydrogen) atoms. The average molecular weight is 391 g/mol. The third kappa shape index (κ3) is 4.31. The molecule has 2 atom stereocenters. The zero-order chi connectivity index (χ0) is 20.2. The molecule has 6 nitrogen and oxygen atoms in total. The molecule has 0 N–H and O–H groups in total.